The molecule has 0 aliphatic carbocycles. The van der Waals surface area contributed by atoms with Gasteiger partial charge in [-0.15, -0.1) is 11.8 Å². The highest BCUT2D eigenvalue weighted by Crippen LogP contribution is 2.34. The standard InChI is InChI=1S/C11H13NOS2/c1-7(2)13-11-12-8-5-4-6-9(14-3)10(8)15-11/h4-7H,1-3H3. The average Bonchev–Trinajstić information content (AvgIpc) is 2.58. The van der Waals surface area contributed by atoms with Gasteiger partial charge in [-0.25, -0.2) is 4.98 Å². The summed E-state index contributed by atoms with van der Waals surface area (Å²) in [5.41, 5.74) is 1.03. The molecule has 4 heteroatoms. The minimum Gasteiger partial charge on any atom is -0.467 e. The molecule has 80 valence electrons. The van der Waals surface area contributed by atoms with E-state index in [0.717, 1.165) is 10.7 Å². The fourth-order valence-corrected chi connectivity index (χ4v) is 3.14. The summed E-state index contributed by atoms with van der Waals surface area (Å²) in [4.78, 5) is 5.71. The van der Waals surface area contributed by atoms with E-state index in [-0.39, 0.29) is 6.10 Å². The Labute approximate surface area is 97.7 Å². The van der Waals surface area contributed by atoms with E-state index in [2.05, 4.69) is 17.3 Å². The van der Waals surface area contributed by atoms with Crippen molar-refractivity contribution in [1.29, 1.82) is 0 Å². The summed E-state index contributed by atoms with van der Waals surface area (Å²) in [7, 11) is 0. The summed E-state index contributed by atoms with van der Waals surface area (Å²) >= 11 is 3.37. The van der Waals surface area contributed by atoms with Gasteiger partial charge < -0.3 is 4.74 Å². The minimum absolute atomic E-state index is 0.184. The number of hydrogen-bond acceptors (Lipinski definition) is 4. The Morgan fingerprint density at radius 2 is 2.20 bits per heavy atom. The summed E-state index contributed by atoms with van der Waals surface area (Å²) in [6.45, 7) is 4.03. The first kappa shape index (κ1) is 10.8. The number of nitrogens with zero attached hydrogens (tertiary/aromatic N) is 1. The Hall–Kier alpha value is -0.740. The molecule has 2 rings (SSSR count). The van der Waals surface area contributed by atoms with Gasteiger partial charge in [0.15, 0.2) is 0 Å². The van der Waals surface area contributed by atoms with Crippen LogP contribution in [0.1, 0.15) is 13.8 Å². The molecule has 0 fully saturated rings. The van der Waals surface area contributed by atoms with E-state index >= 15 is 0 Å². The quantitative estimate of drug-likeness (QED) is 0.760. The molecular weight excluding hydrogens is 226 g/mol. The third-order valence-corrected chi connectivity index (χ3v) is 3.82. The molecule has 0 aliphatic heterocycles. The third kappa shape index (κ3) is 2.26. The van der Waals surface area contributed by atoms with Crippen LogP contribution in [0.5, 0.6) is 5.19 Å². The molecule has 0 saturated heterocycles. The lowest BCUT2D eigenvalue weighted by Crippen LogP contribution is -2.04. The maximum Gasteiger partial charge on any atom is 0.274 e. The molecule has 0 bridgehead atoms. The lowest BCUT2D eigenvalue weighted by molar-refractivity contribution is 0.242. The number of ether oxygens (including phenoxy) is 1. The predicted octanol–water partition coefficient (Wildman–Crippen LogP) is 3.81. The molecule has 2 nitrogen and oxygen atoms in total. The maximum atomic E-state index is 5.60. The van der Waals surface area contributed by atoms with Crippen molar-refractivity contribution in [2.75, 3.05) is 6.26 Å². The lowest BCUT2D eigenvalue weighted by Gasteiger charge is -2.03. The highest BCUT2D eigenvalue weighted by molar-refractivity contribution is 7.99. The first-order valence-electron chi connectivity index (χ1n) is 4.81. The fraction of sp³-hybridized carbons (Fsp3) is 0.364. The molecule has 0 N–H and O–H groups in total. The smallest absolute Gasteiger partial charge is 0.274 e. The zero-order valence-electron chi connectivity index (χ0n) is 8.98. The van der Waals surface area contributed by atoms with Crippen LogP contribution in [0.3, 0.4) is 0 Å². The van der Waals surface area contributed by atoms with Crippen molar-refractivity contribution in [3.05, 3.63) is 18.2 Å². The summed E-state index contributed by atoms with van der Waals surface area (Å²) < 4.78 is 6.82. The zero-order chi connectivity index (χ0) is 10.8. The van der Waals surface area contributed by atoms with Crippen LogP contribution >= 0.6 is 23.1 Å². The van der Waals surface area contributed by atoms with Gasteiger partial charge in [0.1, 0.15) is 0 Å². The molecule has 15 heavy (non-hydrogen) atoms. The molecule has 0 saturated carbocycles. The molecule has 0 amide bonds. The second-order valence-electron chi connectivity index (χ2n) is 3.45. The summed E-state index contributed by atoms with van der Waals surface area (Å²) in [6, 6.07) is 6.18. The van der Waals surface area contributed by atoms with Gasteiger partial charge >= 0.3 is 0 Å². The van der Waals surface area contributed by atoms with E-state index in [1.165, 1.54) is 9.60 Å². The van der Waals surface area contributed by atoms with E-state index in [1.807, 2.05) is 26.0 Å². The van der Waals surface area contributed by atoms with Crippen molar-refractivity contribution in [2.45, 2.75) is 24.8 Å². The lowest BCUT2D eigenvalue weighted by atomic mass is 10.3. The number of aromatic nitrogens is 1. The van der Waals surface area contributed by atoms with Crippen molar-refractivity contribution in [2.24, 2.45) is 0 Å². The van der Waals surface area contributed by atoms with Crippen LogP contribution < -0.4 is 4.74 Å². The number of thiazole rings is 1. The number of thioether (sulfide) groups is 1. The van der Waals surface area contributed by atoms with Crippen LogP contribution in [0.2, 0.25) is 0 Å². The van der Waals surface area contributed by atoms with Gasteiger partial charge in [-0.05, 0) is 32.2 Å². The fourth-order valence-electron chi connectivity index (χ4n) is 1.32. The first-order chi connectivity index (χ1) is 7.20. The number of benzene rings is 1. The van der Waals surface area contributed by atoms with E-state index in [0.29, 0.717) is 0 Å². The van der Waals surface area contributed by atoms with Crippen molar-refractivity contribution in [3.8, 4) is 5.19 Å². The predicted molar refractivity (Wildman–Crippen MR) is 67.2 cm³/mol. The molecule has 0 atom stereocenters. The van der Waals surface area contributed by atoms with Crippen LogP contribution in [0.15, 0.2) is 23.1 Å². The molecule has 0 aliphatic rings. The van der Waals surface area contributed by atoms with Gasteiger partial charge in [0.2, 0.25) is 0 Å². The zero-order valence-corrected chi connectivity index (χ0v) is 10.6. The van der Waals surface area contributed by atoms with Crippen LogP contribution in [-0.2, 0) is 0 Å². The number of rotatable bonds is 3. The van der Waals surface area contributed by atoms with Gasteiger partial charge in [0.05, 0.1) is 16.3 Å². The monoisotopic (exact) mass is 239 g/mol. The van der Waals surface area contributed by atoms with Crippen molar-refractivity contribution in [3.63, 3.8) is 0 Å². The average molecular weight is 239 g/mol. The summed E-state index contributed by atoms with van der Waals surface area (Å²) in [6.07, 6.45) is 2.26. The van der Waals surface area contributed by atoms with E-state index < -0.39 is 0 Å². The molecule has 0 spiro atoms. The molecule has 1 heterocycles. The van der Waals surface area contributed by atoms with Crippen LogP contribution in [0.4, 0.5) is 0 Å². The van der Waals surface area contributed by atoms with Gasteiger partial charge in [-0.3, -0.25) is 0 Å². The Bertz CT molecular complexity index is 465. The minimum atomic E-state index is 0.184. The van der Waals surface area contributed by atoms with Gasteiger partial charge in [0, 0.05) is 4.90 Å². The largest absolute Gasteiger partial charge is 0.467 e. The van der Waals surface area contributed by atoms with E-state index in [1.54, 1.807) is 23.1 Å². The molecule has 2 aromatic rings. The van der Waals surface area contributed by atoms with Crippen LogP contribution in [0.25, 0.3) is 10.2 Å². The summed E-state index contributed by atoms with van der Waals surface area (Å²) in [5.74, 6) is 0. The Morgan fingerprint density at radius 3 is 2.87 bits per heavy atom. The summed E-state index contributed by atoms with van der Waals surface area (Å²) in [5, 5.41) is 0.765. The van der Waals surface area contributed by atoms with E-state index in [4.69, 9.17) is 4.74 Å². The molecular formula is C11H13NOS2. The number of hydrogen-bond donors (Lipinski definition) is 0. The SMILES string of the molecule is CSc1cccc2nc(OC(C)C)sc12. The highest BCUT2D eigenvalue weighted by Gasteiger charge is 2.08. The second kappa shape index (κ2) is 4.41. The Morgan fingerprint density at radius 1 is 1.40 bits per heavy atom. The third-order valence-electron chi connectivity index (χ3n) is 1.92. The van der Waals surface area contributed by atoms with Crippen molar-refractivity contribution >= 4 is 33.3 Å². The normalized spacial score (nSPS) is 11.2. The Balaban J connectivity index is 2.45. The van der Waals surface area contributed by atoms with E-state index in [9.17, 15) is 0 Å². The van der Waals surface area contributed by atoms with Gasteiger partial charge in [0.25, 0.3) is 5.19 Å². The van der Waals surface area contributed by atoms with Crippen molar-refractivity contribution in [1.82, 2.24) is 4.98 Å². The molecule has 1 aromatic heterocycles. The molecule has 1 aromatic carbocycles. The van der Waals surface area contributed by atoms with Gasteiger partial charge in [-0.2, -0.15) is 0 Å². The maximum absolute atomic E-state index is 5.60. The van der Waals surface area contributed by atoms with Crippen molar-refractivity contribution < 1.29 is 4.74 Å². The highest BCUT2D eigenvalue weighted by atomic mass is 32.2. The van der Waals surface area contributed by atoms with Crippen LogP contribution in [-0.4, -0.2) is 17.3 Å². The molecule has 0 unspecified atom stereocenters. The topological polar surface area (TPSA) is 22.1 Å². The Kier molecular flexibility index (Phi) is 3.17. The number of fused-ring (bicyclic) bond motifs is 1. The van der Waals surface area contributed by atoms with Crippen LogP contribution in [0, 0.1) is 0 Å². The molecule has 0 radical (unpaired) electrons. The van der Waals surface area contributed by atoms with Gasteiger partial charge in [-0.1, -0.05) is 17.4 Å². The first-order valence-corrected chi connectivity index (χ1v) is 6.85. The second-order valence-corrected chi connectivity index (χ2v) is 5.26.